The normalized spacial score (nSPS) is 13.3. The number of amides is 1. The molecule has 0 fully saturated rings. The molecule has 1 atom stereocenters. The van der Waals surface area contributed by atoms with Gasteiger partial charge in [0.05, 0.1) is 11.9 Å². The summed E-state index contributed by atoms with van der Waals surface area (Å²) in [6, 6.07) is 4.17. The largest absolute Gasteiger partial charge is 0.351 e. The van der Waals surface area contributed by atoms with Gasteiger partial charge in [-0.25, -0.2) is 8.42 Å². The first kappa shape index (κ1) is 22.8. The molecule has 0 heterocycles. The lowest BCUT2D eigenvalue weighted by molar-refractivity contribution is -0.123. The van der Waals surface area contributed by atoms with Crippen LogP contribution in [0.25, 0.3) is 0 Å². The molecule has 0 aliphatic heterocycles. The molecule has 26 heavy (non-hydrogen) atoms. The van der Waals surface area contributed by atoms with E-state index in [0.717, 1.165) is 11.8 Å². The summed E-state index contributed by atoms with van der Waals surface area (Å²) in [6.45, 7) is 11.8. The molecular formula is C19H31ClN2O3S. The maximum absolute atomic E-state index is 13.0. The highest BCUT2D eigenvalue weighted by molar-refractivity contribution is 7.92. The molecule has 1 rings (SSSR count). The van der Waals surface area contributed by atoms with Crippen molar-refractivity contribution in [2.45, 2.75) is 60.0 Å². The molecule has 0 saturated heterocycles. The highest BCUT2D eigenvalue weighted by Crippen LogP contribution is 2.28. The minimum Gasteiger partial charge on any atom is -0.351 e. The molecule has 1 aromatic rings. The number of halogens is 1. The van der Waals surface area contributed by atoms with E-state index in [2.05, 4.69) is 5.32 Å². The zero-order valence-corrected chi connectivity index (χ0v) is 18.3. The highest BCUT2D eigenvalue weighted by Gasteiger charge is 2.33. The number of rotatable bonds is 8. The second kappa shape index (κ2) is 9.09. The van der Waals surface area contributed by atoms with E-state index in [-0.39, 0.29) is 23.8 Å². The Morgan fingerprint density at radius 3 is 2.12 bits per heavy atom. The van der Waals surface area contributed by atoms with E-state index in [1.807, 2.05) is 34.6 Å². The van der Waals surface area contributed by atoms with Crippen LogP contribution >= 0.6 is 11.6 Å². The highest BCUT2D eigenvalue weighted by atomic mass is 35.5. The topological polar surface area (TPSA) is 66.5 Å². The first-order chi connectivity index (χ1) is 11.9. The van der Waals surface area contributed by atoms with Gasteiger partial charge in [0.25, 0.3) is 0 Å². The van der Waals surface area contributed by atoms with Gasteiger partial charge in [-0.1, -0.05) is 52.3 Å². The number of nitrogens with one attached hydrogen (secondary N) is 1. The summed E-state index contributed by atoms with van der Waals surface area (Å²) < 4.78 is 26.2. The number of sulfonamides is 1. The molecule has 148 valence electrons. The van der Waals surface area contributed by atoms with Crippen molar-refractivity contribution in [2.24, 2.45) is 11.8 Å². The van der Waals surface area contributed by atoms with Gasteiger partial charge < -0.3 is 5.32 Å². The van der Waals surface area contributed by atoms with E-state index in [1.165, 1.54) is 4.31 Å². The number of anilines is 1. The molecule has 0 aliphatic carbocycles. The minimum atomic E-state index is -3.67. The molecule has 0 aromatic heterocycles. The van der Waals surface area contributed by atoms with E-state index in [4.69, 9.17) is 11.6 Å². The van der Waals surface area contributed by atoms with Gasteiger partial charge in [0.2, 0.25) is 15.9 Å². The number of hydrogen-bond acceptors (Lipinski definition) is 3. The van der Waals surface area contributed by atoms with E-state index >= 15 is 0 Å². The number of carbonyl (C=O) groups excluding carboxylic acids is 1. The molecule has 5 nitrogen and oxygen atoms in total. The van der Waals surface area contributed by atoms with Crippen LogP contribution in [0.5, 0.6) is 0 Å². The summed E-state index contributed by atoms with van der Waals surface area (Å²) in [5.74, 6) is 0.205. The number of benzene rings is 1. The van der Waals surface area contributed by atoms with Crippen molar-refractivity contribution in [3.8, 4) is 0 Å². The molecule has 1 aromatic carbocycles. The summed E-state index contributed by atoms with van der Waals surface area (Å²) in [5.41, 5.74) is 1.25. The van der Waals surface area contributed by atoms with Crippen LogP contribution in [0, 0.1) is 18.8 Å². The van der Waals surface area contributed by atoms with Crippen LogP contribution in [0.1, 0.15) is 46.6 Å². The smallest absolute Gasteiger partial charge is 0.244 e. The summed E-state index contributed by atoms with van der Waals surface area (Å²) in [7, 11) is -3.67. The third-order valence-corrected chi connectivity index (χ3v) is 6.07. The van der Waals surface area contributed by atoms with Gasteiger partial charge in [0, 0.05) is 11.1 Å². The Labute approximate surface area is 163 Å². The molecule has 0 saturated carbocycles. The van der Waals surface area contributed by atoms with Crippen molar-refractivity contribution in [2.75, 3.05) is 10.6 Å². The maximum Gasteiger partial charge on any atom is 0.244 e. The van der Waals surface area contributed by atoms with Gasteiger partial charge in [-0.15, -0.1) is 0 Å². The van der Waals surface area contributed by atoms with E-state index in [1.54, 1.807) is 25.1 Å². The second-order valence-electron chi connectivity index (χ2n) is 7.44. The summed E-state index contributed by atoms with van der Waals surface area (Å²) in [4.78, 5) is 13.0. The van der Waals surface area contributed by atoms with Gasteiger partial charge in [-0.05, 0) is 42.9 Å². The maximum atomic E-state index is 13.0. The molecule has 0 aliphatic rings. The van der Waals surface area contributed by atoms with Crippen LogP contribution < -0.4 is 9.62 Å². The summed E-state index contributed by atoms with van der Waals surface area (Å²) in [5, 5.41) is 3.50. The number of carbonyl (C=O) groups is 1. The Hall–Kier alpha value is -1.27. The predicted molar refractivity (Wildman–Crippen MR) is 109 cm³/mol. The lowest BCUT2D eigenvalue weighted by Crippen LogP contribution is -2.53. The van der Waals surface area contributed by atoms with Gasteiger partial charge in [0.1, 0.15) is 6.04 Å². The fourth-order valence-corrected chi connectivity index (χ4v) is 4.52. The molecule has 0 unspecified atom stereocenters. The van der Waals surface area contributed by atoms with Gasteiger partial charge in [-0.3, -0.25) is 9.10 Å². The number of hydrogen-bond donors (Lipinski definition) is 1. The molecular weight excluding hydrogens is 372 g/mol. The van der Waals surface area contributed by atoms with Crippen molar-refractivity contribution in [3.05, 3.63) is 28.8 Å². The van der Waals surface area contributed by atoms with Gasteiger partial charge in [-0.2, -0.15) is 0 Å². The van der Waals surface area contributed by atoms with Crippen LogP contribution in [-0.2, 0) is 14.8 Å². The quantitative estimate of drug-likeness (QED) is 0.714. The first-order valence-corrected chi connectivity index (χ1v) is 11.2. The number of nitrogens with zero attached hydrogens (tertiary/aromatic N) is 1. The Kier molecular flexibility index (Phi) is 7.96. The van der Waals surface area contributed by atoms with Crippen molar-refractivity contribution in [1.29, 1.82) is 0 Å². The molecule has 0 spiro atoms. The summed E-state index contributed by atoms with van der Waals surface area (Å²) >= 11 is 6.18. The molecule has 1 amide bonds. The standard InChI is InChI=1S/C19H31ClN2O3S/c1-8-17(19(23)21-18(12(2)3)13(4)5)22(26(7,24)25)15-10-9-14(6)16(20)11-15/h9-13,17-18H,8H2,1-7H3,(H,21,23)/t17-/m0/s1. The van der Waals surface area contributed by atoms with Gasteiger partial charge in [0.15, 0.2) is 0 Å². The van der Waals surface area contributed by atoms with Crippen LogP contribution in [0.4, 0.5) is 5.69 Å². The lowest BCUT2D eigenvalue weighted by Gasteiger charge is -2.33. The molecule has 1 N–H and O–H groups in total. The fourth-order valence-electron chi connectivity index (χ4n) is 3.14. The predicted octanol–water partition coefficient (Wildman–Crippen LogP) is 3.99. The first-order valence-electron chi connectivity index (χ1n) is 8.96. The van der Waals surface area contributed by atoms with Crippen LogP contribution in [0.15, 0.2) is 18.2 Å². The summed E-state index contributed by atoms with van der Waals surface area (Å²) in [6.07, 6.45) is 1.46. The average molecular weight is 403 g/mol. The molecule has 7 heteroatoms. The number of aryl methyl sites for hydroxylation is 1. The third-order valence-electron chi connectivity index (χ3n) is 4.49. The van der Waals surface area contributed by atoms with Crippen LogP contribution in [-0.4, -0.2) is 32.7 Å². The lowest BCUT2D eigenvalue weighted by atomic mass is 9.93. The van der Waals surface area contributed by atoms with Crippen molar-refractivity contribution in [3.63, 3.8) is 0 Å². The Morgan fingerprint density at radius 2 is 1.73 bits per heavy atom. The van der Waals surface area contributed by atoms with E-state index in [9.17, 15) is 13.2 Å². The second-order valence-corrected chi connectivity index (χ2v) is 9.71. The van der Waals surface area contributed by atoms with Crippen molar-refractivity contribution < 1.29 is 13.2 Å². The molecule has 0 radical (unpaired) electrons. The average Bonchev–Trinajstić information content (AvgIpc) is 2.50. The van der Waals surface area contributed by atoms with Crippen LogP contribution in [0.2, 0.25) is 5.02 Å². The van der Waals surface area contributed by atoms with E-state index < -0.39 is 16.1 Å². The zero-order valence-electron chi connectivity index (χ0n) is 16.7. The Bertz CT molecular complexity index is 724. The van der Waals surface area contributed by atoms with Crippen molar-refractivity contribution in [1.82, 2.24) is 5.32 Å². The van der Waals surface area contributed by atoms with Crippen LogP contribution in [0.3, 0.4) is 0 Å². The third kappa shape index (κ3) is 5.61. The Balaban J connectivity index is 3.30. The monoisotopic (exact) mass is 402 g/mol. The molecule has 0 bridgehead atoms. The SMILES string of the molecule is CC[C@@H](C(=O)NC(C(C)C)C(C)C)N(c1ccc(C)c(Cl)c1)S(C)(=O)=O. The van der Waals surface area contributed by atoms with E-state index in [0.29, 0.717) is 17.1 Å². The van der Waals surface area contributed by atoms with Gasteiger partial charge >= 0.3 is 0 Å². The Morgan fingerprint density at radius 1 is 1.19 bits per heavy atom. The zero-order chi connectivity index (χ0) is 20.2. The minimum absolute atomic E-state index is 0.0282. The fraction of sp³-hybridized carbons (Fsp3) is 0.632. The van der Waals surface area contributed by atoms with Crippen molar-refractivity contribution >= 4 is 33.2 Å².